The van der Waals surface area contributed by atoms with Crippen LogP contribution in [0.4, 0.5) is 18.9 Å². The molecule has 0 spiro atoms. The molecule has 0 unspecified atom stereocenters. The largest absolute Gasteiger partial charge is 0.573 e. The molecular formula is C8H6F3NO4. The average molecular weight is 237 g/mol. The maximum absolute atomic E-state index is 11.8. The first-order valence-electron chi connectivity index (χ1n) is 3.91. The van der Waals surface area contributed by atoms with Crippen LogP contribution in [0.3, 0.4) is 0 Å². The van der Waals surface area contributed by atoms with Crippen molar-refractivity contribution in [2.45, 2.75) is 6.36 Å². The topological polar surface area (TPSA) is 61.6 Å². The van der Waals surface area contributed by atoms with Crippen molar-refractivity contribution < 1.29 is 27.6 Å². The second-order valence-electron chi connectivity index (χ2n) is 2.64. The number of hydrogen-bond acceptors (Lipinski definition) is 4. The predicted molar refractivity (Wildman–Crippen MR) is 46.3 cm³/mol. The Bertz CT molecular complexity index is 405. The molecule has 1 aromatic carbocycles. The number of rotatable bonds is 3. The Balaban J connectivity index is 3.07. The van der Waals surface area contributed by atoms with E-state index in [1.807, 2.05) is 0 Å². The number of halogens is 3. The van der Waals surface area contributed by atoms with Crippen LogP contribution in [0, 0.1) is 10.1 Å². The molecule has 88 valence electrons. The molecule has 0 N–H and O–H groups in total. The molecule has 16 heavy (non-hydrogen) atoms. The summed E-state index contributed by atoms with van der Waals surface area (Å²) < 4.78 is 43.6. The number of hydrogen-bond donors (Lipinski definition) is 0. The van der Waals surface area contributed by atoms with E-state index in [-0.39, 0.29) is 5.75 Å². The van der Waals surface area contributed by atoms with Crippen LogP contribution in [0.25, 0.3) is 0 Å². The molecule has 0 aliphatic rings. The fraction of sp³-hybridized carbons (Fsp3) is 0.250. The summed E-state index contributed by atoms with van der Waals surface area (Å²) in [5.74, 6) is -0.806. The van der Waals surface area contributed by atoms with Gasteiger partial charge in [-0.25, -0.2) is 0 Å². The van der Waals surface area contributed by atoms with E-state index >= 15 is 0 Å². The molecule has 0 saturated heterocycles. The van der Waals surface area contributed by atoms with E-state index in [0.717, 1.165) is 12.1 Å². The Morgan fingerprint density at radius 2 is 2.00 bits per heavy atom. The molecular weight excluding hydrogens is 231 g/mol. The molecule has 1 aromatic rings. The van der Waals surface area contributed by atoms with Gasteiger partial charge in [0.15, 0.2) is 5.75 Å². The first-order chi connectivity index (χ1) is 7.33. The van der Waals surface area contributed by atoms with Crippen molar-refractivity contribution >= 4 is 5.69 Å². The summed E-state index contributed by atoms with van der Waals surface area (Å²) in [7, 11) is 1.17. The molecule has 0 atom stereocenters. The maximum Gasteiger partial charge on any atom is 0.573 e. The Labute approximate surface area is 87.5 Å². The van der Waals surface area contributed by atoms with E-state index in [4.69, 9.17) is 0 Å². The highest BCUT2D eigenvalue weighted by molar-refractivity contribution is 5.50. The minimum absolute atomic E-state index is 0.139. The van der Waals surface area contributed by atoms with Crippen LogP contribution in [0.5, 0.6) is 11.5 Å². The molecule has 0 heterocycles. The summed E-state index contributed by atoms with van der Waals surface area (Å²) in [5, 5.41) is 10.5. The van der Waals surface area contributed by atoms with Gasteiger partial charge in [0, 0.05) is 0 Å². The zero-order valence-electron chi connectivity index (χ0n) is 7.95. The van der Waals surface area contributed by atoms with Crippen LogP contribution in [-0.2, 0) is 0 Å². The molecule has 0 saturated carbocycles. The predicted octanol–water partition coefficient (Wildman–Crippen LogP) is 2.50. The Kier molecular flexibility index (Phi) is 3.21. The van der Waals surface area contributed by atoms with Crippen LogP contribution in [-0.4, -0.2) is 18.4 Å². The lowest BCUT2D eigenvalue weighted by molar-refractivity contribution is -0.386. The summed E-state index contributed by atoms with van der Waals surface area (Å²) in [5.41, 5.74) is -0.593. The third-order valence-electron chi connectivity index (χ3n) is 1.58. The van der Waals surface area contributed by atoms with Gasteiger partial charge >= 0.3 is 12.0 Å². The first kappa shape index (κ1) is 12.1. The number of nitrogens with zero attached hydrogens (tertiary/aromatic N) is 1. The molecule has 0 aliphatic carbocycles. The van der Waals surface area contributed by atoms with Gasteiger partial charge in [-0.2, -0.15) is 0 Å². The highest BCUT2D eigenvalue weighted by Crippen LogP contribution is 2.33. The van der Waals surface area contributed by atoms with Gasteiger partial charge in [0.05, 0.1) is 18.1 Å². The highest BCUT2D eigenvalue weighted by Gasteiger charge is 2.32. The number of methoxy groups -OCH3 is 1. The molecule has 0 amide bonds. The van der Waals surface area contributed by atoms with Crippen LogP contribution < -0.4 is 9.47 Å². The molecule has 0 bridgehead atoms. The second kappa shape index (κ2) is 4.25. The van der Waals surface area contributed by atoms with Crippen LogP contribution in [0.15, 0.2) is 18.2 Å². The quantitative estimate of drug-likeness (QED) is 0.598. The maximum atomic E-state index is 11.8. The van der Waals surface area contributed by atoms with E-state index in [2.05, 4.69) is 9.47 Å². The number of ether oxygens (including phenoxy) is 2. The van der Waals surface area contributed by atoms with Crippen LogP contribution >= 0.6 is 0 Å². The lowest BCUT2D eigenvalue weighted by atomic mass is 10.3. The molecule has 5 nitrogen and oxygen atoms in total. The number of alkyl halides is 3. The standard InChI is InChI=1S/C8H6F3NO4/c1-15-7-3-2-5(16-8(9,10)11)4-6(7)12(13)14/h2-4H,1H3. The Morgan fingerprint density at radius 1 is 1.38 bits per heavy atom. The summed E-state index contributed by atoms with van der Waals surface area (Å²) in [6.45, 7) is 0. The number of benzene rings is 1. The van der Waals surface area contributed by atoms with E-state index in [0.29, 0.717) is 6.07 Å². The van der Waals surface area contributed by atoms with Gasteiger partial charge in [-0.15, -0.1) is 13.2 Å². The molecule has 0 aromatic heterocycles. The van der Waals surface area contributed by atoms with Crippen molar-refractivity contribution in [2.75, 3.05) is 7.11 Å². The SMILES string of the molecule is COc1ccc(OC(F)(F)F)cc1[N+](=O)[O-]. The van der Waals surface area contributed by atoms with Crippen molar-refractivity contribution in [3.05, 3.63) is 28.3 Å². The summed E-state index contributed by atoms with van der Waals surface area (Å²) in [6, 6.07) is 2.60. The van der Waals surface area contributed by atoms with Gasteiger partial charge in [-0.3, -0.25) is 10.1 Å². The van der Waals surface area contributed by atoms with Crippen molar-refractivity contribution in [3.63, 3.8) is 0 Å². The highest BCUT2D eigenvalue weighted by atomic mass is 19.4. The number of nitro groups is 1. The molecule has 1 rings (SSSR count). The van der Waals surface area contributed by atoms with E-state index in [1.54, 1.807) is 0 Å². The summed E-state index contributed by atoms with van der Waals surface area (Å²) in [4.78, 5) is 9.63. The zero-order valence-corrected chi connectivity index (χ0v) is 7.95. The first-order valence-corrected chi connectivity index (χ1v) is 3.91. The van der Waals surface area contributed by atoms with E-state index in [9.17, 15) is 23.3 Å². The van der Waals surface area contributed by atoms with Crippen molar-refractivity contribution in [1.82, 2.24) is 0 Å². The average Bonchev–Trinajstić information content (AvgIpc) is 2.15. The molecule has 0 radical (unpaired) electrons. The third kappa shape index (κ3) is 3.01. The van der Waals surface area contributed by atoms with Crippen molar-refractivity contribution in [2.24, 2.45) is 0 Å². The number of nitro benzene ring substituents is 1. The van der Waals surface area contributed by atoms with Crippen molar-refractivity contribution in [3.8, 4) is 11.5 Å². The minimum Gasteiger partial charge on any atom is -0.490 e. The summed E-state index contributed by atoms with van der Waals surface area (Å²) in [6.07, 6.45) is -4.89. The molecule has 0 fully saturated rings. The van der Waals surface area contributed by atoms with Crippen LogP contribution in [0.2, 0.25) is 0 Å². The van der Waals surface area contributed by atoms with Crippen LogP contribution in [0.1, 0.15) is 0 Å². The normalized spacial score (nSPS) is 11.0. The molecule has 8 heteroatoms. The monoisotopic (exact) mass is 237 g/mol. The smallest absolute Gasteiger partial charge is 0.490 e. The lowest BCUT2D eigenvalue weighted by Gasteiger charge is -2.09. The minimum atomic E-state index is -4.89. The van der Waals surface area contributed by atoms with Gasteiger partial charge < -0.3 is 9.47 Å². The van der Waals surface area contributed by atoms with Gasteiger partial charge in [-0.1, -0.05) is 0 Å². The van der Waals surface area contributed by atoms with Gasteiger partial charge in [0.25, 0.3) is 0 Å². The second-order valence-corrected chi connectivity index (χ2v) is 2.64. The fourth-order valence-electron chi connectivity index (χ4n) is 1.01. The lowest BCUT2D eigenvalue weighted by Crippen LogP contribution is -2.17. The van der Waals surface area contributed by atoms with Crippen molar-refractivity contribution in [1.29, 1.82) is 0 Å². The van der Waals surface area contributed by atoms with Gasteiger partial charge in [0.2, 0.25) is 0 Å². The van der Waals surface area contributed by atoms with Gasteiger partial charge in [-0.05, 0) is 12.1 Å². The third-order valence-corrected chi connectivity index (χ3v) is 1.58. The Morgan fingerprint density at radius 3 is 2.44 bits per heavy atom. The fourth-order valence-corrected chi connectivity index (χ4v) is 1.01. The zero-order chi connectivity index (χ0) is 12.3. The van der Waals surface area contributed by atoms with E-state index < -0.39 is 22.7 Å². The van der Waals surface area contributed by atoms with Gasteiger partial charge in [0.1, 0.15) is 5.75 Å². The Hall–Kier alpha value is -1.99. The summed E-state index contributed by atoms with van der Waals surface area (Å²) >= 11 is 0. The molecule has 0 aliphatic heterocycles. The van der Waals surface area contributed by atoms with E-state index in [1.165, 1.54) is 7.11 Å².